The normalized spacial score (nSPS) is 35.1. The van der Waals surface area contributed by atoms with Crippen LogP contribution in [0.5, 0.6) is 0 Å². The van der Waals surface area contributed by atoms with Gasteiger partial charge in [0.05, 0.1) is 12.2 Å². The second kappa shape index (κ2) is 7.77. The van der Waals surface area contributed by atoms with E-state index in [1.165, 1.54) is 38.5 Å². The van der Waals surface area contributed by atoms with Crippen molar-refractivity contribution in [3.05, 3.63) is 0 Å². The van der Waals surface area contributed by atoms with Crippen LogP contribution in [0.2, 0.25) is 0 Å². The van der Waals surface area contributed by atoms with Crippen molar-refractivity contribution >= 4 is 0 Å². The van der Waals surface area contributed by atoms with E-state index in [1.54, 1.807) is 0 Å². The quantitative estimate of drug-likeness (QED) is 0.810. The molecule has 0 radical (unpaired) electrons. The van der Waals surface area contributed by atoms with Crippen molar-refractivity contribution in [1.82, 2.24) is 10.2 Å². The Bertz CT molecular complexity index is 282. The Balaban J connectivity index is 1.68. The van der Waals surface area contributed by atoms with E-state index in [4.69, 9.17) is 4.74 Å². The van der Waals surface area contributed by atoms with Gasteiger partial charge in [0.15, 0.2) is 0 Å². The van der Waals surface area contributed by atoms with Crippen molar-refractivity contribution in [3.8, 4) is 0 Å². The Labute approximate surface area is 125 Å². The molecule has 3 nitrogen and oxygen atoms in total. The monoisotopic (exact) mass is 282 g/mol. The van der Waals surface area contributed by atoms with Gasteiger partial charge in [0, 0.05) is 25.2 Å². The third-order valence-electron chi connectivity index (χ3n) is 4.97. The Morgan fingerprint density at radius 1 is 1.15 bits per heavy atom. The maximum atomic E-state index is 6.20. The summed E-state index contributed by atoms with van der Waals surface area (Å²) in [5.41, 5.74) is 0. The van der Waals surface area contributed by atoms with Gasteiger partial charge in [0.2, 0.25) is 0 Å². The lowest BCUT2D eigenvalue weighted by Crippen LogP contribution is -2.40. The van der Waals surface area contributed by atoms with Crippen LogP contribution in [0, 0.1) is 5.92 Å². The topological polar surface area (TPSA) is 24.5 Å². The van der Waals surface area contributed by atoms with Crippen LogP contribution in [0.25, 0.3) is 0 Å². The summed E-state index contributed by atoms with van der Waals surface area (Å²) >= 11 is 0. The maximum absolute atomic E-state index is 6.20. The van der Waals surface area contributed by atoms with Gasteiger partial charge in [0.25, 0.3) is 0 Å². The average molecular weight is 282 g/mol. The number of ether oxygens (including phenoxy) is 1. The Kier molecular flexibility index (Phi) is 6.31. The third kappa shape index (κ3) is 5.01. The number of nitrogens with zero attached hydrogens (tertiary/aromatic N) is 1. The molecular formula is C17H34N2O. The molecule has 0 bridgehead atoms. The molecule has 1 saturated carbocycles. The minimum Gasteiger partial charge on any atom is -0.372 e. The fourth-order valence-electron chi connectivity index (χ4n) is 3.70. The van der Waals surface area contributed by atoms with E-state index in [9.17, 15) is 0 Å². The first-order valence-electron chi connectivity index (χ1n) is 8.63. The average Bonchev–Trinajstić information content (AvgIpc) is 2.84. The molecule has 1 N–H and O–H groups in total. The van der Waals surface area contributed by atoms with Crippen molar-refractivity contribution in [2.24, 2.45) is 5.92 Å². The third-order valence-corrected chi connectivity index (χ3v) is 4.97. The highest BCUT2D eigenvalue weighted by Crippen LogP contribution is 2.28. The molecule has 20 heavy (non-hydrogen) atoms. The lowest BCUT2D eigenvalue weighted by atomic mass is 9.86. The zero-order valence-corrected chi connectivity index (χ0v) is 13.9. The van der Waals surface area contributed by atoms with Crippen LogP contribution < -0.4 is 5.32 Å². The Morgan fingerprint density at radius 2 is 1.90 bits per heavy atom. The molecule has 1 heterocycles. The van der Waals surface area contributed by atoms with Gasteiger partial charge in [-0.2, -0.15) is 0 Å². The fourth-order valence-corrected chi connectivity index (χ4v) is 3.70. The Hall–Kier alpha value is -0.120. The van der Waals surface area contributed by atoms with Crippen molar-refractivity contribution in [2.45, 2.75) is 83.6 Å². The molecular weight excluding hydrogens is 248 g/mol. The minimum atomic E-state index is 0.432. The summed E-state index contributed by atoms with van der Waals surface area (Å²) in [5.74, 6) is 0.906. The molecule has 0 aromatic rings. The summed E-state index contributed by atoms with van der Waals surface area (Å²) in [7, 11) is 2.30. The van der Waals surface area contributed by atoms with Crippen LogP contribution >= 0.6 is 0 Å². The van der Waals surface area contributed by atoms with Crippen LogP contribution in [-0.4, -0.2) is 49.3 Å². The van der Waals surface area contributed by atoms with Crippen LogP contribution in [0.4, 0.5) is 0 Å². The van der Waals surface area contributed by atoms with E-state index in [-0.39, 0.29) is 0 Å². The van der Waals surface area contributed by atoms with E-state index < -0.39 is 0 Å². The standard InChI is InChI=1S/C17H34N2O/c1-13(2)18-11-16-8-9-17(20-16)12-19(4)15-7-5-6-14(3)10-15/h13-18H,5-12H2,1-4H3. The molecule has 4 atom stereocenters. The predicted molar refractivity (Wildman–Crippen MR) is 85.1 cm³/mol. The van der Waals surface area contributed by atoms with Crippen molar-refractivity contribution in [2.75, 3.05) is 20.1 Å². The minimum absolute atomic E-state index is 0.432. The first-order chi connectivity index (χ1) is 9.54. The second-order valence-electron chi connectivity index (χ2n) is 7.39. The lowest BCUT2D eigenvalue weighted by Gasteiger charge is -2.35. The number of nitrogens with one attached hydrogen (secondary N) is 1. The van der Waals surface area contributed by atoms with Crippen LogP contribution in [0.15, 0.2) is 0 Å². The zero-order chi connectivity index (χ0) is 14.5. The van der Waals surface area contributed by atoms with E-state index in [0.29, 0.717) is 18.2 Å². The summed E-state index contributed by atoms with van der Waals surface area (Å²) in [6.07, 6.45) is 8.93. The largest absolute Gasteiger partial charge is 0.372 e. The van der Waals surface area contributed by atoms with Gasteiger partial charge >= 0.3 is 0 Å². The van der Waals surface area contributed by atoms with E-state index in [1.807, 2.05) is 0 Å². The van der Waals surface area contributed by atoms with Crippen molar-refractivity contribution in [3.63, 3.8) is 0 Å². The predicted octanol–water partition coefficient (Wildman–Crippen LogP) is 3.04. The second-order valence-corrected chi connectivity index (χ2v) is 7.39. The molecule has 1 saturated heterocycles. The molecule has 2 rings (SSSR count). The molecule has 0 aromatic heterocycles. The summed E-state index contributed by atoms with van der Waals surface area (Å²) in [6.45, 7) is 8.93. The molecule has 3 heteroatoms. The van der Waals surface area contributed by atoms with Crippen molar-refractivity contribution in [1.29, 1.82) is 0 Å². The highest BCUT2D eigenvalue weighted by atomic mass is 16.5. The number of hydrogen-bond acceptors (Lipinski definition) is 3. The molecule has 0 amide bonds. The first-order valence-corrected chi connectivity index (χ1v) is 8.63. The van der Waals surface area contributed by atoms with E-state index in [0.717, 1.165) is 25.0 Å². The van der Waals surface area contributed by atoms with E-state index in [2.05, 4.69) is 38.0 Å². The zero-order valence-electron chi connectivity index (χ0n) is 13.9. The number of rotatable bonds is 6. The van der Waals surface area contributed by atoms with Gasteiger partial charge in [-0.15, -0.1) is 0 Å². The fraction of sp³-hybridized carbons (Fsp3) is 1.00. The molecule has 0 aromatic carbocycles. The Morgan fingerprint density at radius 3 is 2.60 bits per heavy atom. The maximum Gasteiger partial charge on any atom is 0.0707 e. The molecule has 1 aliphatic heterocycles. The van der Waals surface area contributed by atoms with E-state index >= 15 is 0 Å². The van der Waals surface area contributed by atoms with Gasteiger partial charge < -0.3 is 15.0 Å². The van der Waals surface area contributed by atoms with Gasteiger partial charge in [-0.1, -0.05) is 33.6 Å². The SMILES string of the molecule is CC1CCCC(N(C)CC2CCC(CNC(C)C)O2)C1. The number of likely N-dealkylation sites (N-methyl/N-ethyl adjacent to an activating group) is 1. The van der Waals surface area contributed by atoms with Crippen LogP contribution in [-0.2, 0) is 4.74 Å². The first kappa shape index (κ1) is 16.3. The highest BCUT2D eigenvalue weighted by molar-refractivity contribution is 4.82. The number of hydrogen-bond donors (Lipinski definition) is 1. The summed E-state index contributed by atoms with van der Waals surface area (Å²) < 4.78 is 6.20. The highest BCUT2D eigenvalue weighted by Gasteiger charge is 2.29. The summed E-state index contributed by atoms with van der Waals surface area (Å²) in [4.78, 5) is 2.57. The summed E-state index contributed by atoms with van der Waals surface area (Å²) in [6, 6.07) is 1.35. The smallest absolute Gasteiger partial charge is 0.0707 e. The molecule has 1 aliphatic carbocycles. The molecule has 2 fully saturated rings. The van der Waals surface area contributed by atoms with Crippen molar-refractivity contribution < 1.29 is 4.74 Å². The molecule has 2 aliphatic rings. The lowest BCUT2D eigenvalue weighted by molar-refractivity contribution is 0.0144. The van der Waals surface area contributed by atoms with Crippen LogP contribution in [0.3, 0.4) is 0 Å². The van der Waals surface area contributed by atoms with Gasteiger partial charge in [-0.25, -0.2) is 0 Å². The van der Waals surface area contributed by atoms with Gasteiger partial charge in [0.1, 0.15) is 0 Å². The van der Waals surface area contributed by atoms with Gasteiger partial charge in [-0.05, 0) is 38.6 Å². The van der Waals surface area contributed by atoms with Gasteiger partial charge in [-0.3, -0.25) is 0 Å². The molecule has 0 spiro atoms. The molecule has 118 valence electrons. The van der Waals surface area contributed by atoms with Crippen LogP contribution in [0.1, 0.15) is 59.3 Å². The summed E-state index contributed by atoms with van der Waals surface area (Å²) in [5, 5.41) is 3.49. The molecule has 4 unspecified atom stereocenters.